The van der Waals surface area contributed by atoms with Crippen LogP contribution in [0.1, 0.15) is 34.3 Å². The molecule has 2 aliphatic rings. The van der Waals surface area contributed by atoms with Gasteiger partial charge in [0.1, 0.15) is 11.8 Å². The molecule has 3 aromatic rings. The average Bonchev–Trinajstić information content (AvgIpc) is 3.29. The zero-order valence-corrected chi connectivity index (χ0v) is 22.3. The number of methoxy groups -OCH3 is 1. The highest BCUT2D eigenvalue weighted by Crippen LogP contribution is 2.32. The third kappa shape index (κ3) is 5.98. The van der Waals surface area contributed by atoms with Crippen LogP contribution in [0.5, 0.6) is 5.75 Å². The summed E-state index contributed by atoms with van der Waals surface area (Å²) in [5.74, 6) is 0.358. The van der Waals surface area contributed by atoms with Crippen LogP contribution >= 0.6 is 11.6 Å². The number of hydrogen-bond donors (Lipinski definition) is 3. The second kappa shape index (κ2) is 12.0. The quantitative estimate of drug-likeness (QED) is 0.370. The normalized spacial score (nSPS) is 16.1. The Kier molecular flexibility index (Phi) is 8.25. The molecule has 39 heavy (non-hydrogen) atoms. The Morgan fingerprint density at radius 3 is 2.85 bits per heavy atom. The highest BCUT2D eigenvalue weighted by Gasteiger charge is 2.36. The number of carbonyl (C=O) groups excluding carboxylic acids is 2. The van der Waals surface area contributed by atoms with E-state index in [2.05, 4.69) is 20.6 Å². The van der Waals surface area contributed by atoms with Gasteiger partial charge in [-0.05, 0) is 42.2 Å². The van der Waals surface area contributed by atoms with Crippen molar-refractivity contribution in [3.05, 3.63) is 70.4 Å². The number of carbonyl (C=O) groups is 2. The minimum Gasteiger partial charge on any atom is -0.497 e. The van der Waals surface area contributed by atoms with E-state index in [0.717, 1.165) is 24.0 Å². The summed E-state index contributed by atoms with van der Waals surface area (Å²) < 4.78 is 10.6. The Hall–Kier alpha value is -3.73. The van der Waals surface area contributed by atoms with Gasteiger partial charge in [-0.25, -0.2) is 9.97 Å². The molecule has 11 heteroatoms. The van der Waals surface area contributed by atoms with Gasteiger partial charge in [0.05, 0.1) is 30.6 Å². The zero-order valence-electron chi connectivity index (χ0n) is 21.5. The molecule has 3 heterocycles. The molecular weight excluding hydrogens is 522 g/mol. The van der Waals surface area contributed by atoms with Crippen LogP contribution in [0, 0.1) is 0 Å². The van der Waals surface area contributed by atoms with Crippen LogP contribution in [0.4, 0.5) is 5.95 Å². The van der Waals surface area contributed by atoms with Crippen molar-refractivity contribution in [2.24, 2.45) is 0 Å². The van der Waals surface area contributed by atoms with E-state index < -0.39 is 18.6 Å². The Balaban J connectivity index is 1.30. The standard InChI is InChI=1S/C28H30ClN5O5/c1-38-21-4-2-3-17(11-21)13-30-26(36)24(16-35)34-15-19-6-5-18(12-22(19)27(34)37)25-23(29)14-31-28(33-25)32-20-7-9-39-10-8-20/h2-6,11-12,14,20,24,35H,7-10,13,15-16H2,1H3,(H,30,36)(H,31,32,33). The summed E-state index contributed by atoms with van der Waals surface area (Å²) in [5.41, 5.74) is 3.21. The summed E-state index contributed by atoms with van der Waals surface area (Å²) in [6.07, 6.45) is 3.27. The maximum atomic E-state index is 13.4. The van der Waals surface area contributed by atoms with Crippen LogP contribution < -0.4 is 15.4 Å². The van der Waals surface area contributed by atoms with Gasteiger partial charge in [-0.1, -0.05) is 35.9 Å². The summed E-state index contributed by atoms with van der Waals surface area (Å²) in [4.78, 5) is 36.7. The van der Waals surface area contributed by atoms with Crippen molar-refractivity contribution < 1.29 is 24.2 Å². The number of ether oxygens (including phenoxy) is 2. The van der Waals surface area contributed by atoms with Crippen LogP contribution in [0.25, 0.3) is 11.3 Å². The number of nitrogens with one attached hydrogen (secondary N) is 2. The van der Waals surface area contributed by atoms with Crippen molar-refractivity contribution in [1.82, 2.24) is 20.2 Å². The Labute approximate surface area is 231 Å². The van der Waals surface area contributed by atoms with E-state index >= 15 is 0 Å². The molecule has 0 radical (unpaired) electrons. The predicted octanol–water partition coefficient (Wildman–Crippen LogP) is 3.03. The SMILES string of the molecule is COc1cccc(CNC(=O)C(CO)N2Cc3ccc(-c4nc(NC5CCOCC5)ncc4Cl)cc3C2=O)c1. The van der Waals surface area contributed by atoms with Crippen molar-refractivity contribution in [2.75, 3.05) is 32.2 Å². The smallest absolute Gasteiger partial charge is 0.255 e. The molecule has 204 valence electrons. The predicted molar refractivity (Wildman–Crippen MR) is 146 cm³/mol. The first-order valence-corrected chi connectivity index (χ1v) is 13.2. The number of nitrogens with zero attached hydrogens (tertiary/aromatic N) is 3. The lowest BCUT2D eigenvalue weighted by atomic mass is 10.0. The number of aliphatic hydroxyl groups is 1. The second-order valence-electron chi connectivity index (χ2n) is 9.49. The summed E-state index contributed by atoms with van der Waals surface area (Å²) in [7, 11) is 1.57. The van der Waals surface area contributed by atoms with Gasteiger partial charge in [0.2, 0.25) is 11.9 Å². The van der Waals surface area contributed by atoms with Gasteiger partial charge in [-0.15, -0.1) is 0 Å². The number of halogens is 1. The van der Waals surface area contributed by atoms with Crippen molar-refractivity contribution in [3.63, 3.8) is 0 Å². The average molecular weight is 552 g/mol. The van der Waals surface area contributed by atoms with Crippen LogP contribution in [-0.2, 0) is 22.6 Å². The Morgan fingerprint density at radius 1 is 1.26 bits per heavy atom. The van der Waals surface area contributed by atoms with E-state index in [-0.39, 0.29) is 25.0 Å². The fourth-order valence-electron chi connectivity index (χ4n) is 4.80. The maximum Gasteiger partial charge on any atom is 0.255 e. The number of aromatic nitrogens is 2. The first-order valence-electron chi connectivity index (χ1n) is 12.8. The van der Waals surface area contributed by atoms with E-state index in [9.17, 15) is 14.7 Å². The maximum absolute atomic E-state index is 13.4. The lowest BCUT2D eigenvalue weighted by Crippen LogP contribution is -2.49. The largest absolute Gasteiger partial charge is 0.497 e. The van der Waals surface area contributed by atoms with Gasteiger partial charge >= 0.3 is 0 Å². The summed E-state index contributed by atoms with van der Waals surface area (Å²) in [6, 6.07) is 11.9. The first kappa shape index (κ1) is 26.9. The molecule has 5 rings (SSSR count). The van der Waals surface area contributed by atoms with Crippen molar-refractivity contribution >= 4 is 29.4 Å². The van der Waals surface area contributed by atoms with Crippen LogP contribution in [0.2, 0.25) is 5.02 Å². The molecule has 3 N–H and O–H groups in total. The number of amides is 2. The van der Waals surface area contributed by atoms with Crippen molar-refractivity contribution in [1.29, 1.82) is 0 Å². The van der Waals surface area contributed by atoms with Gasteiger partial charge in [-0.2, -0.15) is 0 Å². The highest BCUT2D eigenvalue weighted by molar-refractivity contribution is 6.33. The van der Waals surface area contributed by atoms with Gasteiger partial charge in [0.25, 0.3) is 5.91 Å². The zero-order chi connectivity index (χ0) is 27.4. The monoisotopic (exact) mass is 551 g/mol. The van der Waals surface area contributed by atoms with E-state index in [1.807, 2.05) is 36.4 Å². The van der Waals surface area contributed by atoms with Gasteiger partial charge in [0.15, 0.2) is 0 Å². The third-order valence-electron chi connectivity index (χ3n) is 6.97. The molecule has 2 aromatic carbocycles. The molecule has 0 bridgehead atoms. The Bertz CT molecular complexity index is 1360. The molecule has 1 unspecified atom stereocenters. The fraction of sp³-hybridized carbons (Fsp3) is 0.357. The van der Waals surface area contributed by atoms with E-state index in [0.29, 0.717) is 46.8 Å². The lowest BCUT2D eigenvalue weighted by Gasteiger charge is -2.25. The number of hydrogen-bond acceptors (Lipinski definition) is 8. The molecule has 1 fully saturated rings. The molecular formula is C28H30ClN5O5. The number of aliphatic hydroxyl groups excluding tert-OH is 1. The lowest BCUT2D eigenvalue weighted by molar-refractivity contribution is -0.127. The summed E-state index contributed by atoms with van der Waals surface area (Å²) >= 11 is 6.45. The van der Waals surface area contributed by atoms with Crippen LogP contribution in [-0.4, -0.2) is 70.8 Å². The molecule has 1 aromatic heterocycles. The number of benzene rings is 2. The number of rotatable bonds is 9. The molecule has 1 atom stereocenters. The van der Waals surface area contributed by atoms with Gasteiger partial charge < -0.3 is 30.1 Å². The van der Waals surface area contributed by atoms with E-state index in [4.69, 9.17) is 21.1 Å². The number of anilines is 1. The topological polar surface area (TPSA) is 126 Å². The summed E-state index contributed by atoms with van der Waals surface area (Å²) in [6.45, 7) is 1.32. The van der Waals surface area contributed by atoms with Gasteiger partial charge in [-0.3, -0.25) is 9.59 Å². The molecule has 0 aliphatic carbocycles. The minimum absolute atomic E-state index is 0.209. The van der Waals surface area contributed by atoms with Gasteiger partial charge in [0, 0.05) is 43.5 Å². The molecule has 1 saturated heterocycles. The van der Waals surface area contributed by atoms with E-state index in [1.165, 1.54) is 4.90 Å². The second-order valence-corrected chi connectivity index (χ2v) is 9.90. The Morgan fingerprint density at radius 2 is 2.08 bits per heavy atom. The molecule has 2 amide bonds. The fourth-order valence-corrected chi connectivity index (χ4v) is 5.00. The summed E-state index contributed by atoms with van der Waals surface area (Å²) in [5, 5.41) is 16.6. The minimum atomic E-state index is -1.03. The molecule has 0 saturated carbocycles. The molecule has 0 spiro atoms. The third-order valence-corrected chi connectivity index (χ3v) is 7.24. The van der Waals surface area contributed by atoms with Crippen molar-refractivity contribution in [3.8, 4) is 17.0 Å². The molecule has 10 nitrogen and oxygen atoms in total. The van der Waals surface area contributed by atoms with Crippen LogP contribution in [0.3, 0.4) is 0 Å². The highest BCUT2D eigenvalue weighted by atomic mass is 35.5. The molecule has 2 aliphatic heterocycles. The van der Waals surface area contributed by atoms with Crippen molar-refractivity contribution in [2.45, 2.75) is 38.0 Å². The van der Waals surface area contributed by atoms with E-state index in [1.54, 1.807) is 19.4 Å². The first-order chi connectivity index (χ1) is 19.0. The van der Waals surface area contributed by atoms with Crippen LogP contribution in [0.15, 0.2) is 48.7 Å². The number of fused-ring (bicyclic) bond motifs is 1.